The first-order valence-corrected chi connectivity index (χ1v) is 11.1. The molecule has 3 rings (SSSR count). The number of nitrogens with one attached hydrogen (secondary N) is 2. The van der Waals surface area contributed by atoms with E-state index in [0.29, 0.717) is 36.8 Å². The van der Waals surface area contributed by atoms with Crippen LogP contribution >= 0.6 is 0 Å². The number of phenolic OH excluding ortho intramolecular Hbond substituents is 2. The molecule has 0 aliphatic heterocycles. The molecule has 2 aromatic rings. The van der Waals surface area contributed by atoms with Gasteiger partial charge in [0.2, 0.25) is 11.8 Å². The second kappa shape index (κ2) is 10.3. The van der Waals surface area contributed by atoms with Gasteiger partial charge in [0.1, 0.15) is 11.5 Å². The van der Waals surface area contributed by atoms with Crippen LogP contribution in [0.4, 0.5) is 0 Å². The van der Waals surface area contributed by atoms with Gasteiger partial charge in [-0.15, -0.1) is 0 Å². The van der Waals surface area contributed by atoms with Crippen molar-refractivity contribution in [2.75, 3.05) is 0 Å². The second-order valence-electron chi connectivity index (χ2n) is 8.20. The molecule has 1 aliphatic rings. The summed E-state index contributed by atoms with van der Waals surface area (Å²) < 4.78 is 0. The highest BCUT2D eigenvalue weighted by Gasteiger charge is 2.39. The van der Waals surface area contributed by atoms with E-state index in [1.807, 2.05) is 26.0 Å². The fourth-order valence-corrected chi connectivity index (χ4v) is 4.51. The lowest BCUT2D eigenvalue weighted by Crippen LogP contribution is -2.41. The van der Waals surface area contributed by atoms with E-state index in [1.165, 1.54) is 0 Å². The van der Waals surface area contributed by atoms with E-state index < -0.39 is 11.8 Å². The first kappa shape index (κ1) is 22.7. The van der Waals surface area contributed by atoms with Crippen LogP contribution in [0.1, 0.15) is 69.2 Å². The Labute approximate surface area is 183 Å². The van der Waals surface area contributed by atoms with Crippen LogP contribution in [0.2, 0.25) is 0 Å². The molecule has 0 radical (unpaired) electrons. The molecule has 6 nitrogen and oxygen atoms in total. The molecule has 4 atom stereocenters. The minimum atomic E-state index is -0.401. The number of carbonyl (C=O) groups is 2. The standard InChI is InChI=1S/C25H32N2O4/c1-3-20(18-10-5-7-14-22(18)28)26-24(30)16-12-9-13-17(16)25(31)27-21(4-2)19-11-6-8-15-23(19)29/h5-8,10-11,14-17,20-21,28-29H,3-4,9,12-13H2,1-2H3,(H,26,30)(H,27,31)/t16-,17+,20+,21-. The van der Waals surface area contributed by atoms with Crippen molar-refractivity contribution < 1.29 is 19.8 Å². The zero-order valence-corrected chi connectivity index (χ0v) is 18.2. The molecule has 1 fully saturated rings. The molecule has 166 valence electrons. The highest BCUT2D eigenvalue weighted by atomic mass is 16.3. The van der Waals surface area contributed by atoms with Crippen molar-refractivity contribution in [3.8, 4) is 11.5 Å². The smallest absolute Gasteiger partial charge is 0.224 e. The van der Waals surface area contributed by atoms with E-state index in [0.717, 1.165) is 6.42 Å². The van der Waals surface area contributed by atoms with Crippen LogP contribution in [-0.4, -0.2) is 22.0 Å². The average molecular weight is 425 g/mol. The predicted molar refractivity (Wildman–Crippen MR) is 119 cm³/mol. The van der Waals surface area contributed by atoms with Gasteiger partial charge in [0.15, 0.2) is 0 Å². The summed E-state index contributed by atoms with van der Waals surface area (Å²) in [5.74, 6) is -0.789. The topological polar surface area (TPSA) is 98.7 Å². The van der Waals surface area contributed by atoms with Crippen molar-refractivity contribution in [1.82, 2.24) is 10.6 Å². The summed E-state index contributed by atoms with van der Waals surface area (Å²) in [5, 5.41) is 26.4. The molecular formula is C25H32N2O4. The van der Waals surface area contributed by atoms with Gasteiger partial charge in [0.05, 0.1) is 12.1 Å². The van der Waals surface area contributed by atoms with Gasteiger partial charge < -0.3 is 20.8 Å². The minimum Gasteiger partial charge on any atom is -0.508 e. The first-order chi connectivity index (χ1) is 15.0. The average Bonchev–Trinajstić information content (AvgIpc) is 3.27. The largest absolute Gasteiger partial charge is 0.508 e. The van der Waals surface area contributed by atoms with Crippen LogP contribution in [0.25, 0.3) is 0 Å². The van der Waals surface area contributed by atoms with Crippen molar-refractivity contribution in [2.24, 2.45) is 11.8 Å². The number of hydrogen-bond acceptors (Lipinski definition) is 4. The van der Waals surface area contributed by atoms with E-state index >= 15 is 0 Å². The molecule has 2 amide bonds. The molecule has 2 aromatic carbocycles. The normalized spacial score (nSPS) is 20.1. The lowest BCUT2D eigenvalue weighted by atomic mass is 9.92. The van der Waals surface area contributed by atoms with Crippen LogP contribution in [-0.2, 0) is 9.59 Å². The van der Waals surface area contributed by atoms with Gasteiger partial charge in [0, 0.05) is 23.0 Å². The molecule has 4 N–H and O–H groups in total. The SMILES string of the molecule is CC[C@H](NC(=O)[C@@H]1CCC[C@@H]1C(=O)N[C@H](CC)c1ccccc1O)c1ccccc1O. The Bertz CT molecular complexity index is 840. The molecule has 0 aromatic heterocycles. The molecule has 0 bridgehead atoms. The van der Waals surface area contributed by atoms with Gasteiger partial charge in [-0.2, -0.15) is 0 Å². The number of hydrogen-bond donors (Lipinski definition) is 4. The second-order valence-corrected chi connectivity index (χ2v) is 8.20. The molecule has 1 saturated carbocycles. The van der Waals surface area contributed by atoms with E-state index in [2.05, 4.69) is 10.6 Å². The Morgan fingerprint density at radius 3 is 1.55 bits per heavy atom. The Kier molecular flexibility index (Phi) is 7.55. The van der Waals surface area contributed by atoms with E-state index in [1.54, 1.807) is 36.4 Å². The summed E-state index contributed by atoms with van der Waals surface area (Å²) in [7, 11) is 0. The monoisotopic (exact) mass is 424 g/mol. The van der Waals surface area contributed by atoms with Gasteiger partial charge in [-0.1, -0.05) is 56.7 Å². The Morgan fingerprint density at radius 1 is 0.806 bits per heavy atom. The Morgan fingerprint density at radius 2 is 1.19 bits per heavy atom. The number of aromatic hydroxyl groups is 2. The summed E-state index contributed by atoms with van der Waals surface area (Å²) in [5.41, 5.74) is 1.37. The van der Waals surface area contributed by atoms with Gasteiger partial charge in [0.25, 0.3) is 0 Å². The highest BCUT2D eigenvalue weighted by molar-refractivity contribution is 5.88. The number of amides is 2. The van der Waals surface area contributed by atoms with Gasteiger partial charge in [-0.05, 0) is 37.8 Å². The lowest BCUT2D eigenvalue weighted by Gasteiger charge is -2.25. The third-order valence-corrected chi connectivity index (χ3v) is 6.26. The van der Waals surface area contributed by atoms with E-state index in [-0.39, 0.29) is 35.4 Å². The maximum atomic E-state index is 13.1. The summed E-state index contributed by atoms with van der Waals surface area (Å²) in [6, 6.07) is 13.4. The van der Waals surface area contributed by atoms with Crippen molar-refractivity contribution in [3.63, 3.8) is 0 Å². The van der Waals surface area contributed by atoms with Gasteiger partial charge in [-0.3, -0.25) is 9.59 Å². The molecule has 0 spiro atoms. The highest BCUT2D eigenvalue weighted by Crippen LogP contribution is 2.35. The quantitative estimate of drug-likeness (QED) is 0.506. The molecule has 31 heavy (non-hydrogen) atoms. The zero-order chi connectivity index (χ0) is 22.4. The summed E-state index contributed by atoms with van der Waals surface area (Å²) in [6.07, 6.45) is 3.41. The molecule has 0 unspecified atom stereocenters. The van der Waals surface area contributed by atoms with Crippen molar-refractivity contribution in [3.05, 3.63) is 59.7 Å². The molecule has 0 saturated heterocycles. The maximum Gasteiger partial charge on any atom is 0.224 e. The van der Waals surface area contributed by atoms with E-state index in [9.17, 15) is 19.8 Å². The fraction of sp³-hybridized carbons (Fsp3) is 0.440. The minimum absolute atomic E-state index is 0.150. The van der Waals surface area contributed by atoms with Gasteiger partial charge >= 0.3 is 0 Å². The summed E-state index contributed by atoms with van der Waals surface area (Å²) >= 11 is 0. The van der Waals surface area contributed by atoms with Crippen molar-refractivity contribution >= 4 is 11.8 Å². The van der Waals surface area contributed by atoms with Crippen molar-refractivity contribution in [1.29, 1.82) is 0 Å². The lowest BCUT2D eigenvalue weighted by molar-refractivity contribution is -0.134. The molecule has 1 aliphatic carbocycles. The van der Waals surface area contributed by atoms with Crippen LogP contribution in [0.3, 0.4) is 0 Å². The Balaban J connectivity index is 1.69. The number of carbonyl (C=O) groups excluding carboxylic acids is 2. The van der Waals surface area contributed by atoms with Crippen LogP contribution in [0, 0.1) is 11.8 Å². The summed E-state index contributed by atoms with van der Waals surface area (Å²) in [6.45, 7) is 3.91. The van der Waals surface area contributed by atoms with Crippen molar-refractivity contribution in [2.45, 2.75) is 58.0 Å². The first-order valence-electron chi connectivity index (χ1n) is 11.1. The maximum absolute atomic E-state index is 13.1. The van der Waals surface area contributed by atoms with Crippen LogP contribution in [0.15, 0.2) is 48.5 Å². The fourth-order valence-electron chi connectivity index (χ4n) is 4.51. The van der Waals surface area contributed by atoms with Crippen LogP contribution in [0.5, 0.6) is 11.5 Å². The third-order valence-electron chi connectivity index (χ3n) is 6.26. The third kappa shape index (κ3) is 5.19. The molecular weight excluding hydrogens is 392 g/mol. The molecule has 6 heteroatoms. The zero-order valence-electron chi connectivity index (χ0n) is 18.2. The van der Waals surface area contributed by atoms with E-state index in [4.69, 9.17) is 0 Å². The summed E-state index contributed by atoms with van der Waals surface area (Å²) in [4.78, 5) is 26.2. The number of para-hydroxylation sites is 2. The van der Waals surface area contributed by atoms with Gasteiger partial charge in [-0.25, -0.2) is 0 Å². The Hall–Kier alpha value is -3.02. The van der Waals surface area contributed by atoms with Crippen LogP contribution < -0.4 is 10.6 Å². The predicted octanol–water partition coefficient (Wildman–Crippen LogP) is 4.35. The number of phenols is 2. The molecule has 0 heterocycles. The number of benzene rings is 2. The number of rotatable bonds is 8.